The smallest absolute Gasteiger partial charge is 0.125 e. The van der Waals surface area contributed by atoms with E-state index in [1.54, 1.807) is 6.07 Å². The number of hydrogen-bond donors (Lipinski definition) is 1. The first-order chi connectivity index (χ1) is 7.30. The topological polar surface area (TPSA) is 23.5 Å². The lowest BCUT2D eigenvalue weighted by molar-refractivity contribution is 0.0699. The molecule has 0 saturated heterocycles. The van der Waals surface area contributed by atoms with Crippen molar-refractivity contribution in [2.45, 2.75) is 26.9 Å². The van der Waals surface area contributed by atoms with Crippen LogP contribution in [0.2, 0.25) is 0 Å². The minimum absolute atomic E-state index is 0.165. The van der Waals surface area contributed by atoms with Gasteiger partial charge in [-0.25, -0.2) is 4.39 Å². The Morgan fingerprint density at radius 3 is 2.50 bits per heavy atom. The maximum Gasteiger partial charge on any atom is 0.125 e. The highest BCUT2D eigenvalue weighted by Crippen LogP contribution is 2.22. The van der Waals surface area contributed by atoms with Crippen molar-refractivity contribution in [3.05, 3.63) is 30.1 Å². The fourth-order valence-corrected chi connectivity index (χ4v) is 1.35. The van der Waals surface area contributed by atoms with Crippen molar-refractivity contribution in [3.63, 3.8) is 0 Å². The van der Waals surface area contributed by atoms with Crippen molar-refractivity contribution in [2.24, 2.45) is 5.41 Å². The van der Waals surface area contributed by atoms with Crippen molar-refractivity contribution < 1.29 is 9.50 Å². The molecular formula is C13H20FNO. The Morgan fingerprint density at radius 2 is 2.00 bits per heavy atom. The van der Waals surface area contributed by atoms with Crippen LogP contribution in [0, 0.1) is 11.2 Å². The normalized spacial score (nSPS) is 13.6. The molecule has 3 heteroatoms. The maximum absolute atomic E-state index is 13.0. The second-order valence-corrected chi connectivity index (χ2v) is 5.24. The second kappa shape index (κ2) is 4.83. The SMILES string of the molecule is CN(CC(O)C(C)(C)C)c1cccc(F)c1. The molecule has 0 bridgehead atoms. The molecule has 1 aromatic rings. The van der Waals surface area contributed by atoms with Gasteiger partial charge in [0.05, 0.1) is 6.10 Å². The van der Waals surface area contributed by atoms with Crippen LogP contribution in [0.15, 0.2) is 24.3 Å². The van der Waals surface area contributed by atoms with Crippen LogP contribution in [0.1, 0.15) is 20.8 Å². The summed E-state index contributed by atoms with van der Waals surface area (Å²) in [5.74, 6) is -0.255. The molecule has 0 heterocycles. The highest BCUT2D eigenvalue weighted by molar-refractivity contribution is 5.45. The van der Waals surface area contributed by atoms with E-state index in [0.717, 1.165) is 5.69 Å². The van der Waals surface area contributed by atoms with E-state index in [1.807, 2.05) is 38.8 Å². The van der Waals surface area contributed by atoms with Gasteiger partial charge in [0.25, 0.3) is 0 Å². The van der Waals surface area contributed by atoms with Gasteiger partial charge in [0.15, 0.2) is 0 Å². The van der Waals surface area contributed by atoms with E-state index in [-0.39, 0.29) is 11.2 Å². The summed E-state index contributed by atoms with van der Waals surface area (Å²) in [5.41, 5.74) is 0.616. The molecule has 90 valence electrons. The van der Waals surface area contributed by atoms with Gasteiger partial charge in [0.1, 0.15) is 5.82 Å². The first-order valence-corrected chi connectivity index (χ1v) is 5.45. The van der Waals surface area contributed by atoms with E-state index in [2.05, 4.69) is 0 Å². The Labute approximate surface area is 96.7 Å². The van der Waals surface area contributed by atoms with Crippen LogP contribution in [0.3, 0.4) is 0 Å². The summed E-state index contributed by atoms with van der Waals surface area (Å²) in [6, 6.07) is 6.38. The zero-order valence-electron chi connectivity index (χ0n) is 10.4. The van der Waals surface area contributed by atoms with E-state index >= 15 is 0 Å². The Morgan fingerprint density at radius 1 is 1.38 bits per heavy atom. The lowest BCUT2D eigenvalue weighted by Gasteiger charge is -2.30. The van der Waals surface area contributed by atoms with E-state index in [1.165, 1.54) is 12.1 Å². The average molecular weight is 225 g/mol. The molecule has 0 aliphatic rings. The summed E-state index contributed by atoms with van der Waals surface area (Å²) in [4.78, 5) is 1.86. The van der Waals surface area contributed by atoms with Gasteiger partial charge < -0.3 is 10.0 Å². The van der Waals surface area contributed by atoms with Crippen LogP contribution in [-0.4, -0.2) is 24.8 Å². The summed E-state index contributed by atoms with van der Waals surface area (Å²) in [6.45, 7) is 6.44. The second-order valence-electron chi connectivity index (χ2n) is 5.24. The van der Waals surface area contributed by atoms with Gasteiger partial charge in [-0.15, -0.1) is 0 Å². The molecule has 0 spiro atoms. The quantitative estimate of drug-likeness (QED) is 0.855. The third-order valence-electron chi connectivity index (χ3n) is 2.70. The van der Waals surface area contributed by atoms with Gasteiger partial charge in [0, 0.05) is 19.3 Å². The number of hydrogen-bond acceptors (Lipinski definition) is 2. The number of benzene rings is 1. The Balaban J connectivity index is 2.69. The Bertz CT molecular complexity index is 346. The molecule has 0 aliphatic heterocycles. The number of rotatable bonds is 3. The molecule has 1 aromatic carbocycles. The summed E-state index contributed by atoms with van der Waals surface area (Å²) >= 11 is 0. The van der Waals surface area contributed by atoms with Crippen molar-refractivity contribution in [2.75, 3.05) is 18.5 Å². The average Bonchev–Trinajstić information content (AvgIpc) is 2.16. The summed E-state index contributed by atoms with van der Waals surface area (Å²) < 4.78 is 13.0. The van der Waals surface area contributed by atoms with Crippen molar-refractivity contribution in [3.8, 4) is 0 Å². The van der Waals surface area contributed by atoms with Gasteiger partial charge in [-0.3, -0.25) is 0 Å². The molecule has 0 fully saturated rings. The van der Waals surface area contributed by atoms with Crippen LogP contribution < -0.4 is 4.90 Å². The van der Waals surface area contributed by atoms with Crippen molar-refractivity contribution >= 4 is 5.69 Å². The van der Waals surface area contributed by atoms with Gasteiger partial charge in [-0.05, 0) is 23.6 Å². The minimum atomic E-state index is -0.444. The van der Waals surface area contributed by atoms with Crippen LogP contribution in [0.4, 0.5) is 10.1 Å². The lowest BCUT2D eigenvalue weighted by atomic mass is 9.89. The molecule has 16 heavy (non-hydrogen) atoms. The maximum atomic E-state index is 13.0. The predicted octanol–water partition coefficient (Wildman–Crippen LogP) is 2.67. The first kappa shape index (κ1) is 13.0. The number of aliphatic hydroxyl groups is 1. The fourth-order valence-electron chi connectivity index (χ4n) is 1.35. The third-order valence-corrected chi connectivity index (χ3v) is 2.70. The molecular weight excluding hydrogens is 205 g/mol. The molecule has 0 aromatic heterocycles. The zero-order chi connectivity index (χ0) is 12.3. The minimum Gasteiger partial charge on any atom is -0.391 e. The molecule has 1 rings (SSSR count). The molecule has 1 unspecified atom stereocenters. The summed E-state index contributed by atoms with van der Waals surface area (Å²) in [6.07, 6.45) is -0.444. The number of halogens is 1. The van der Waals surface area contributed by atoms with Gasteiger partial charge in [0.2, 0.25) is 0 Å². The standard InChI is InChI=1S/C13H20FNO/c1-13(2,3)12(16)9-15(4)11-7-5-6-10(14)8-11/h5-8,12,16H,9H2,1-4H3. The van der Waals surface area contributed by atoms with E-state index in [0.29, 0.717) is 6.54 Å². The van der Waals surface area contributed by atoms with E-state index in [9.17, 15) is 9.50 Å². The van der Waals surface area contributed by atoms with Gasteiger partial charge in [-0.1, -0.05) is 26.8 Å². The molecule has 0 amide bonds. The monoisotopic (exact) mass is 225 g/mol. The highest BCUT2D eigenvalue weighted by atomic mass is 19.1. The molecule has 0 radical (unpaired) electrons. The summed E-state index contributed by atoms with van der Waals surface area (Å²) in [7, 11) is 1.85. The lowest BCUT2D eigenvalue weighted by Crippen LogP contribution is -2.37. The highest BCUT2D eigenvalue weighted by Gasteiger charge is 2.23. The Hall–Kier alpha value is -1.09. The van der Waals surface area contributed by atoms with Crippen LogP contribution in [-0.2, 0) is 0 Å². The Kier molecular flexibility index (Phi) is 3.92. The molecule has 1 N–H and O–H groups in total. The molecule has 0 saturated carbocycles. The van der Waals surface area contributed by atoms with Crippen LogP contribution >= 0.6 is 0 Å². The van der Waals surface area contributed by atoms with Gasteiger partial charge >= 0.3 is 0 Å². The third kappa shape index (κ3) is 3.49. The number of anilines is 1. The number of likely N-dealkylation sites (N-methyl/N-ethyl adjacent to an activating group) is 1. The number of nitrogens with zero attached hydrogens (tertiary/aromatic N) is 1. The van der Waals surface area contributed by atoms with Crippen molar-refractivity contribution in [1.82, 2.24) is 0 Å². The van der Waals surface area contributed by atoms with Crippen LogP contribution in [0.5, 0.6) is 0 Å². The van der Waals surface area contributed by atoms with Crippen LogP contribution in [0.25, 0.3) is 0 Å². The van der Waals surface area contributed by atoms with E-state index in [4.69, 9.17) is 0 Å². The first-order valence-electron chi connectivity index (χ1n) is 5.45. The number of aliphatic hydroxyl groups excluding tert-OH is 1. The molecule has 2 nitrogen and oxygen atoms in total. The molecule has 1 atom stereocenters. The predicted molar refractivity (Wildman–Crippen MR) is 65.1 cm³/mol. The molecule has 0 aliphatic carbocycles. The zero-order valence-corrected chi connectivity index (χ0v) is 10.4. The van der Waals surface area contributed by atoms with Gasteiger partial charge in [-0.2, -0.15) is 0 Å². The van der Waals surface area contributed by atoms with E-state index < -0.39 is 6.10 Å². The fraction of sp³-hybridized carbons (Fsp3) is 0.538. The largest absolute Gasteiger partial charge is 0.391 e. The van der Waals surface area contributed by atoms with Crippen molar-refractivity contribution in [1.29, 1.82) is 0 Å². The summed E-state index contributed by atoms with van der Waals surface area (Å²) in [5, 5.41) is 9.95.